The van der Waals surface area contributed by atoms with Gasteiger partial charge in [0.15, 0.2) is 0 Å². The van der Waals surface area contributed by atoms with Crippen LogP contribution in [-0.4, -0.2) is 60.7 Å². The number of nitrogens with one attached hydrogen (secondary N) is 1. The molecule has 1 aromatic carbocycles. The van der Waals surface area contributed by atoms with Crippen molar-refractivity contribution in [3.8, 4) is 5.75 Å². The number of benzene rings is 1. The van der Waals surface area contributed by atoms with Crippen LogP contribution >= 0.6 is 11.6 Å². The van der Waals surface area contributed by atoms with Gasteiger partial charge in [-0.25, -0.2) is 4.79 Å². The molecule has 25 heavy (non-hydrogen) atoms. The lowest BCUT2D eigenvalue weighted by Gasteiger charge is -2.33. The first-order valence-corrected chi connectivity index (χ1v) is 9.69. The Morgan fingerprint density at radius 2 is 1.92 bits per heavy atom. The first-order valence-electron chi connectivity index (χ1n) is 9.31. The van der Waals surface area contributed by atoms with Gasteiger partial charge in [0.1, 0.15) is 11.9 Å². The number of amides is 2. The smallest absolute Gasteiger partial charge is 0.317 e. The first kappa shape index (κ1) is 18.3. The Morgan fingerprint density at radius 1 is 1.24 bits per heavy atom. The molecule has 0 aromatic heterocycles. The highest BCUT2D eigenvalue weighted by molar-refractivity contribution is 6.32. The second kappa shape index (κ2) is 8.77. The predicted molar refractivity (Wildman–Crippen MR) is 100 cm³/mol. The summed E-state index contributed by atoms with van der Waals surface area (Å²) in [5.74, 6) is 0.728. The maximum absolute atomic E-state index is 12.4. The fraction of sp³-hybridized carbons (Fsp3) is 0.632. The van der Waals surface area contributed by atoms with Crippen molar-refractivity contribution < 1.29 is 9.53 Å². The number of likely N-dealkylation sites (tertiary alicyclic amines) is 2. The Balaban J connectivity index is 1.39. The van der Waals surface area contributed by atoms with Gasteiger partial charge >= 0.3 is 6.03 Å². The topological polar surface area (TPSA) is 44.8 Å². The zero-order valence-electron chi connectivity index (χ0n) is 14.9. The predicted octanol–water partition coefficient (Wildman–Crippen LogP) is 3.38. The van der Waals surface area contributed by atoms with E-state index in [4.69, 9.17) is 16.3 Å². The Bertz CT molecular complexity index is 570. The van der Waals surface area contributed by atoms with Crippen molar-refractivity contribution in [2.45, 2.75) is 44.8 Å². The Morgan fingerprint density at radius 3 is 2.60 bits per heavy atom. The number of hydrogen-bond acceptors (Lipinski definition) is 3. The highest BCUT2D eigenvalue weighted by atomic mass is 35.5. The summed E-state index contributed by atoms with van der Waals surface area (Å²) in [5, 5.41) is 3.72. The summed E-state index contributed by atoms with van der Waals surface area (Å²) in [6, 6.07) is 7.99. The molecule has 2 aliphatic heterocycles. The molecule has 2 aliphatic rings. The molecule has 0 bridgehead atoms. The SMILES string of the molecule is C[C@H](CNC(=O)N1CCC(Oc2ccccc2Cl)CC1)N1CCCC1. The number of piperidine rings is 1. The van der Waals surface area contributed by atoms with E-state index in [0.29, 0.717) is 11.1 Å². The van der Waals surface area contributed by atoms with Crippen LogP contribution in [0.15, 0.2) is 24.3 Å². The van der Waals surface area contributed by atoms with E-state index >= 15 is 0 Å². The third-order valence-electron chi connectivity index (χ3n) is 5.17. The van der Waals surface area contributed by atoms with Gasteiger partial charge in [-0.05, 0) is 45.0 Å². The fourth-order valence-corrected chi connectivity index (χ4v) is 3.74. The summed E-state index contributed by atoms with van der Waals surface area (Å²) in [6.07, 6.45) is 4.34. The van der Waals surface area contributed by atoms with Crippen molar-refractivity contribution in [2.24, 2.45) is 0 Å². The van der Waals surface area contributed by atoms with Crippen molar-refractivity contribution in [1.82, 2.24) is 15.1 Å². The number of rotatable bonds is 5. The molecular formula is C19H28ClN3O2. The second-order valence-electron chi connectivity index (χ2n) is 7.01. The quantitative estimate of drug-likeness (QED) is 0.870. The molecule has 138 valence electrons. The third kappa shape index (κ3) is 5.02. The molecule has 1 atom stereocenters. The van der Waals surface area contributed by atoms with E-state index in [1.165, 1.54) is 12.8 Å². The van der Waals surface area contributed by atoms with Crippen molar-refractivity contribution in [1.29, 1.82) is 0 Å². The van der Waals surface area contributed by atoms with Crippen molar-refractivity contribution in [3.05, 3.63) is 29.3 Å². The Hall–Kier alpha value is -1.46. The number of urea groups is 1. The Labute approximate surface area is 155 Å². The summed E-state index contributed by atoms with van der Waals surface area (Å²) in [7, 11) is 0. The molecule has 6 heteroatoms. The monoisotopic (exact) mass is 365 g/mol. The number of carbonyl (C=O) groups is 1. The van der Waals surface area contributed by atoms with Gasteiger partial charge in [-0.3, -0.25) is 4.90 Å². The molecule has 0 radical (unpaired) electrons. The zero-order valence-corrected chi connectivity index (χ0v) is 15.7. The number of nitrogens with zero attached hydrogens (tertiary/aromatic N) is 2. The minimum Gasteiger partial charge on any atom is -0.489 e. The maximum atomic E-state index is 12.4. The lowest BCUT2D eigenvalue weighted by atomic mass is 10.1. The third-order valence-corrected chi connectivity index (χ3v) is 5.48. The van der Waals surface area contributed by atoms with Crippen LogP contribution in [0.3, 0.4) is 0 Å². The van der Waals surface area contributed by atoms with Gasteiger partial charge in [0.2, 0.25) is 0 Å². The molecule has 2 fully saturated rings. The molecule has 2 heterocycles. The lowest BCUT2D eigenvalue weighted by molar-refractivity contribution is 0.110. The lowest BCUT2D eigenvalue weighted by Crippen LogP contribution is -2.49. The number of carbonyl (C=O) groups excluding carboxylic acids is 1. The number of ether oxygens (including phenoxy) is 1. The largest absolute Gasteiger partial charge is 0.489 e. The molecule has 5 nitrogen and oxygen atoms in total. The summed E-state index contributed by atoms with van der Waals surface area (Å²) < 4.78 is 5.98. The molecular weight excluding hydrogens is 338 g/mol. The van der Waals surface area contributed by atoms with Crippen LogP contribution in [0, 0.1) is 0 Å². The van der Waals surface area contributed by atoms with Crippen molar-refractivity contribution in [2.75, 3.05) is 32.7 Å². The molecule has 2 saturated heterocycles. The van der Waals surface area contributed by atoms with Crippen molar-refractivity contribution >= 4 is 17.6 Å². The molecule has 3 rings (SSSR count). The molecule has 0 spiro atoms. The molecule has 0 aliphatic carbocycles. The fourth-order valence-electron chi connectivity index (χ4n) is 3.55. The molecule has 1 aromatic rings. The van der Waals surface area contributed by atoms with E-state index in [1.807, 2.05) is 29.2 Å². The van der Waals surface area contributed by atoms with Crippen LogP contribution in [-0.2, 0) is 0 Å². The summed E-state index contributed by atoms with van der Waals surface area (Å²) in [6.45, 7) is 6.66. The van der Waals surface area contributed by atoms with Gasteiger partial charge in [-0.2, -0.15) is 0 Å². The van der Waals surface area contributed by atoms with Gasteiger partial charge in [0.05, 0.1) is 5.02 Å². The van der Waals surface area contributed by atoms with Crippen LogP contribution in [0.1, 0.15) is 32.6 Å². The Kier molecular flexibility index (Phi) is 6.43. The van der Waals surface area contributed by atoms with Gasteiger partial charge < -0.3 is 15.0 Å². The molecule has 0 unspecified atom stereocenters. The maximum Gasteiger partial charge on any atom is 0.317 e. The van der Waals surface area contributed by atoms with Crippen LogP contribution in [0.5, 0.6) is 5.75 Å². The average Bonchev–Trinajstić information content (AvgIpc) is 3.17. The highest BCUT2D eigenvalue weighted by Crippen LogP contribution is 2.26. The number of halogens is 1. The van der Waals surface area contributed by atoms with E-state index in [1.54, 1.807) is 0 Å². The van der Waals surface area contributed by atoms with E-state index < -0.39 is 0 Å². The highest BCUT2D eigenvalue weighted by Gasteiger charge is 2.25. The van der Waals surface area contributed by atoms with Crippen LogP contribution in [0.25, 0.3) is 0 Å². The van der Waals surface area contributed by atoms with E-state index in [0.717, 1.165) is 51.3 Å². The van der Waals surface area contributed by atoms with Gasteiger partial charge in [0.25, 0.3) is 0 Å². The van der Waals surface area contributed by atoms with Crippen LogP contribution in [0.2, 0.25) is 5.02 Å². The second-order valence-corrected chi connectivity index (χ2v) is 7.42. The van der Waals surface area contributed by atoms with Crippen molar-refractivity contribution in [3.63, 3.8) is 0 Å². The summed E-state index contributed by atoms with van der Waals surface area (Å²) >= 11 is 6.14. The van der Waals surface area contributed by atoms with Gasteiger partial charge in [0, 0.05) is 38.5 Å². The number of para-hydroxylation sites is 1. The van der Waals surface area contributed by atoms with E-state index in [2.05, 4.69) is 17.1 Å². The van der Waals surface area contributed by atoms with Gasteiger partial charge in [-0.1, -0.05) is 23.7 Å². The van der Waals surface area contributed by atoms with Crippen LogP contribution in [0.4, 0.5) is 4.79 Å². The molecule has 0 saturated carbocycles. The summed E-state index contributed by atoms with van der Waals surface area (Å²) in [5.41, 5.74) is 0. The summed E-state index contributed by atoms with van der Waals surface area (Å²) in [4.78, 5) is 16.7. The van der Waals surface area contributed by atoms with E-state index in [9.17, 15) is 4.79 Å². The molecule has 2 amide bonds. The standard InChI is InChI=1S/C19H28ClN3O2/c1-15(22-10-4-5-11-22)14-21-19(24)23-12-8-16(9-13-23)25-18-7-3-2-6-17(18)20/h2-3,6-7,15-16H,4-5,8-14H2,1H3,(H,21,24)/t15-/m1/s1. The minimum absolute atomic E-state index is 0.0437. The first-order chi connectivity index (χ1) is 12.1. The normalized spacial score (nSPS) is 20.5. The zero-order chi connectivity index (χ0) is 17.6. The van der Waals surface area contributed by atoms with Crippen LogP contribution < -0.4 is 10.1 Å². The molecule has 1 N–H and O–H groups in total. The minimum atomic E-state index is 0.0437. The number of hydrogen-bond donors (Lipinski definition) is 1. The van der Waals surface area contributed by atoms with E-state index in [-0.39, 0.29) is 12.1 Å². The average molecular weight is 366 g/mol. The van der Waals surface area contributed by atoms with Gasteiger partial charge in [-0.15, -0.1) is 0 Å².